The zero-order chi connectivity index (χ0) is 22.4. The Hall–Kier alpha value is -3.26. The molecule has 166 valence electrons. The second kappa shape index (κ2) is 8.02. The zero-order valence-corrected chi connectivity index (χ0v) is 19.1. The standard InChI is InChI=1S/C24H29N7O/c1-5-19-22-12-21(27-31(22)14-16(2)25-19)20-13-24(32)30-15-18(6-7-23(30)26-20)29-10-8-17(9-11-29)28(3)4/h6-7,12-15,17H,5,8-11H2,1-4H3. The molecule has 0 spiro atoms. The van der Waals surface area contributed by atoms with Gasteiger partial charge in [0.1, 0.15) is 11.3 Å². The van der Waals surface area contributed by atoms with Crippen molar-refractivity contribution in [3.05, 3.63) is 58.4 Å². The molecule has 8 nitrogen and oxygen atoms in total. The van der Waals surface area contributed by atoms with Gasteiger partial charge in [0.2, 0.25) is 0 Å². The van der Waals surface area contributed by atoms with Gasteiger partial charge < -0.3 is 9.80 Å². The molecule has 0 aromatic carbocycles. The van der Waals surface area contributed by atoms with Crippen molar-refractivity contribution in [3.63, 3.8) is 0 Å². The van der Waals surface area contributed by atoms with E-state index in [1.165, 1.54) is 0 Å². The van der Waals surface area contributed by atoms with Gasteiger partial charge in [-0.25, -0.2) is 9.50 Å². The van der Waals surface area contributed by atoms with E-state index < -0.39 is 0 Å². The fourth-order valence-corrected chi connectivity index (χ4v) is 4.62. The third-order valence-corrected chi connectivity index (χ3v) is 6.45. The number of pyridine rings is 1. The highest BCUT2D eigenvalue weighted by Gasteiger charge is 2.21. The normalized spacial score (nSPS) is 15.3. The van der Waals surface area contributed by atoms with Crippen molar-refractivity contribution in [1.82, 2.24) is 28.9 Å². The van der Waals surface area contributed by atoms with Crippen LogP contribution in [0.25, 0.3) is 22.6 Å². The lowest BCUT2D eigenvalue weighted by Crippen LogP contribution is -2.42. The van der Waals surface area contributed by atoms with Crippen molar-refractivity contribution in [1.29, 1.82) is 0 Å². The molecule has 4 aromatic rings. The highest BCUT2D eigenvalue weighted by atomic mass is 16.1. The van der Waals surface area contributed by atoms with E-state index >= 15 is 0 Å². The molecule has 32 heavy (non-hydrogen) atoms. The number of aryl methyl sites for hydroxylation is 2. The molecular formula is C24H29N7O. The van der Waals surface area contributed by atoms with Crippen LogP contribution in [0.5, 0.6) is 0 Å². The fourth-order valence-electron chi connectivity index (χ4n) is 4.62. The molecule has 5 heterocycles. The Morgan fingerprint density at radius 1 is 1.06 bits per heavy atom. The summed E-state index contributed by atoms with van der Waals surface area (Å²) in [7, 11) is 4.28. The SMILES string of the molecule is CCc1nc(C)cn2nc(-c3cc(=O)n4cc(N5CCC(N(C)C)CC5)ccc4n3)cc12. The van der Waals surface area contributed by atoms with E-state index in [-0.39, 0.29) is 5.56 Å². The number of rotatable bonds is 4. The minimum Gasteiger partial charge on any atom is -0.370 e. The van der Waals surface area contributed by atoms with Gasteiger partial charge in [-0.15, -0.1) is 0 Å². The van der Waals surface area contributed by atoms with Crippen LogP contribution in [-0.4, -0.2) is 62.1 Å². The van der Waals surface area contributed by atoms with Crippen LogP contribution in [-0.2, 0) is 6.42 Å². The summed E-state index contributed by atoms with van der Waals surface area (Å²) in [6.07, 6.45) is 6.88. The number of aromatic nitrogens is 5. The molecule has 0 amide bonds. The number of hydrogen-bond donors (Lipinski definition) is 0. The van der Waals surface area contributed by atoms with E-state index in [1.807, 2.05) is 36.0 Å². The average Bonchev–Trinajstić information content (AvgIpc) is 3.22. The summed E-state index contributed by atoms with van der Waals surface area (Å²) in [5, 5.41) is 4.67. The number of fused-ring (bicyclic) bond motifs is 2. The van der Waals surface area contributed by atoms with Crippen LogP contribution >= 0.6 is 0 Å². The maximum atomic E-state index is 13.0. The van der Waals surface area contributed by atoms with Gasteiger partial charge in [-0.2, -0.15) is 5.10 Å². The van der Waals surface area contributed by atoms with Crippen LogP contribution in [0.4, 0.5) is 5.69 Å². The number of anilines is 1. The van der Waals surface area contributed by atoms with Crippen molar-refractivity contribution in [2.24, 2.45) is 0 Å². The Kier molecular flexibility index (Phi) is 5.17. The number of piperidine rings is 1. The summed E-state index contributed by atoms with van der Waals surface area (Å²) in [5.74, 6) is 0. The third kappa shape index (κ3) is 3.64. The average molecular weight is 432 g/mol. The Labute approximate surface area is 187 Å². The lowest BCUT2D eigenvalue weighted by atomic mass is 10.0. The van der Waals surface area contributed by atoms with Gasteiger partial charge in [0.15, 0.2) is 0 Å². The molecule has 1 aliphatic heterocycles. The highest BCUT2D eigenvalue weighted by molar-refractivity contribution is 5.66. The third-order valence-electron chi connectivity index (χ3n) is 6.45. The zero-order valence-electron chi connectivity index (χ0n) is 19.1. The topological polar surface area (TPSA) is 71.0 Å². The molecule has 5 rings (SSSR count). The molecule has 0 unspecified atom stereocenters. The van der Waals surface area contributed by atoms with Crippen molar-refractivity contribution in [3.8, 4) is 11.4 Å². The predicted octanol–water partition coefficient (Wildman–Crippen LogP) is 2.81. The Bertz CT molecular complexity index is 1350. The molecule has 0 atom stereocenters. The van der Waals surface area contributed by atoms with Gasteiger partial charge in [0, 0.05) is 31.4 Å². The van der Waals surface area contributed by atoms with Gasteiger partial charge >= 0.3 is 0 Å². The summed E-state index contributed by atoms with van der Waals surface area (Å²) in [4.78, 5) is 27.0. The molecule has 0 radical (unpaired) electrons. The summed E-state index contributed by atoms with van der Waals surface area (Å²) in [5.41, 5.74) is 5.71. The number of nitrogens with zero attached hydrogens (tertiary/aromatic N) is 7. The quantitative estimate of drug-likeness (QED) is 0.495. The Balaban J connectivity index is 1.49. The Morgan fingerprint density at radius 3 is 2.56 bits per heavy atom. The van der Waals surface area contributed by atoms with Gasteiger partial charge in [0.25, 0.3) is 5.56 Å². The molecule has 0 saturated carbocycles. The van der Waals surface area contributed by atoms with Crippen LogP contribution < -0.4 is 10.5 Å². The summed E-state index contributed by atoms with van der Waals surface area (Å²) in [6.45, 7) is 6.02. The smallest absolute Gasteiger partial charge is 0.258 e. The van der Waals surface area contributed by atoms with E-state index in [0.29, 0.717) is 23.1 Å². The molecule has 1 fully saturated rings. The first-order chi connectivity index (χ1) is 15.4. The second-order valence-electron chi connectivity index (χ2n) is 8.82. The van der Waals surface area contributed by atoms with Gasteiger partial charge in [-0.3, -0.25) is 14.2 Å². The van der Waals surface area contributed by atoms with Gasteiger partial charge in [-0.1, -0.05) is 6.92 Å². The predicted molar refractivity (Wildman–Crippen MR) is 126 cm³/mol. The van der Waals surface area contributed by atoms with E-state index in [1.54, 1.807) is 10.5 Å². The molecule has 0 N–H and O–H groups in total. The van der Waals surface area contributed by atoms with Crippen molar-refractivity contribution >= 4 is 16.9 Å². The number of hydrogen-bond acceptors (Lipinski definition) is 6. The largest absolute Gasteiger partial charge is 0.370 e. The molecule has 4 aromatic heterocycles. The second-order valence-corrected chi connectivity index (χ2v) is 8.82. The summed E-state index contributed by atoms with van der Waals surface area (Å²) in [6, 6.07) is 8.15. The van der Waals surface area contributed by atoms with E-state index in [0.717, 1.165) is 54.9 Å². The van der Waals surface area contributed by atoms with Gasteiger partial charge in [0.05, 0.1) is 34.5 Å². The molecule has 8 heteroatoms. The Morgan fingerprint density at radius 2 is 1.84 bits per heavy atom. The molecule has 1 saturated heterocycles. The van der Waals surface area contributed by atoms with Crippen LogP contribution in [0, 0.1) is 6.92 Å². The first-order valence-electron chi connectivity index (χ1n) is 11.2. The molecule has 1 aliphatic rings. The molecule has 0 aliphatic carbocycles. The van der Waals surface area contributed by atoms with E-state index in [9.17, 15) is 4.79 Å². The van der Waals surface area contributed by atoms with Crippen LogP contribution in [0.3, 0.4) is 0 Å². The minimum atomic E-state index is -0.0999. The first-order valence-corrected chi connectivity index (χ1v) is 11.2. The minimum absolute atomic E-state index is 0.0999. The van der Waals surface area contributed by atoms with Crippen molar-refractivity contribution < 1.29 is 0 Å². The van der Waals surface area contributed by atoms with E-state index in [2.05, 4.69) is 47.0 Å². The summed E-state index contributed by atoms with van der Waals surface area (Å²) >= 11 is 0. The maximum absolute atomic E-state index is 13.0. The molecular weight excluding hydrogens is 402 g/mol. The van der Waals surface area contributed by atoms with E-state index in [4.69, 9.17) is 4.98 Å². The summed E-state index contributed by atoms with van der Waals surface area (Å²) < 4.78 is 3.47. The highest BCUT2D eigenvalue weighted by Crippen LogP contribution is 2.23. The van der Waals surface area contributed by atoms with Crippen LogP contribution in [0.15, 0.2) is 41.5 Å². The monoisotopic (exact) mass is 431 g/mol. The lowest BCUT2D eigenvalue weighted by molar-refractivity contribution is 0.249. The fraction of sp³-hybridized carbons (Fsp3) is 0.417. The molecule has 0 bridgehead atoms. The lowest BCUT2D eigenvalue weighted by Gasteiger charge is -2.36. The van der Waals surface area contributed by atoms with Gasteiger partial charge in [-0.05, 0) is 58.5 Å². The van der Waals surface area contributed by atoms with Crippen molar-refractivity contribution in [2.75, 3.05) is 32.1 Å². The van der Waals surface area contributed by atoms with Crippen LogP contribution in [0.2, 0.25) is 0 Å². The van der Waals surface area contributed by atoms with Crippen molar-refractivity contribution in [2.45, 2.75) is 39.2 Å². The first kappa shape index (κ1) is 20.6. The maximum Gasteiger partial charge on any atom is 0.258 e. The van der Waals surface area contributed by atoms with Crippen LogP contribution in [0.1, 0.15) is 31.2 Å².